The third-order valence-corrected chi connectivity index (χ3v) is 4.92. The smallest absolute Gasteiger partial charge is 0.253 e. The van der Waals surface area contributed by atoms with Crippen molar-refractivity contribution in [1.29, 1.82) is 0 Å². The van der Waals surface area contributed by atoms with Crippen molar-refractivity contribution in [2.75, 3.05) is 25.1 Å². The van der Waals surface area contributed by atoms with Crippen LogP contribution in [0.2, 0.25) is 0 Å². The van der Waals surface area contributed by atoms with Gasteiger partial charge < -0.3 is 20.1 Å². The van der Waals surface area contributed by atoms with E-state index in [2.05, 4.69) is 26.6 Å². The maximum atomic E-state index is 12.6. The number of amides is 2. The number of carbonyl (C=O) groups excluding carboxylic acids is 2. The average molecular weight is 447 g/mol. The third kappa shape index (κ3) is 5.04. The standard InChI is InChI=1S/C21H23BrN2O4/c1-13(2)12-23-21(26)15-5-3-4-6-17(15)24-20(25)10-14-9-18-19(11-16(14)22)28-8-7-27-18/h3-6,9,11,13H,7-8,10,12H2,1-2H3,(H,23,26)(H,24,25). The highest BCUT2D eigenvalue weighted by atomic mass is 79.9. The molecule has 0 spiro atoms. The van der Waals surface area contributed by atoms with Crippen LogP contribution >= 0.6 is 15.9 Å². The average Bonchev–Trinajstić information content (AvgIpc) is 2.67. The summed E-state index contributed by atoms with van der Waals surface area (Å²) in [5, 5.41) is 5.72. The van der Waals surface area contributed by atoms with Crippen molar-refractivity contribution in [2.45, 2.75) is 20.3 Å². The van der Waals surface area contributed by atoms with E-state index in [0.717, 1.165) is 10.0 Å². The number of halogens is 1. The molecule has 1 aliphatic rings. The number of carbonyl (C=O) groups is 2. The lowest BCUT2D eigenvalue weighted by molar-refractivity contribution is -0.115. The fraction of sp³-hybridized carbons (Fsp3) is 0.333. The molecule has 0 saturated heterocycles. The first-order valence-electron chi connectivity index (χ1n) is 9.19. The first-order chi connectivity index (χ1) is 13.4. The molecule has 0 fully saturated rings. The third-order valence-electron chi connectivity index (χ3n) is 4.18. The molecular formula is C21H23BrN2O4. The molecule has 1 heterocycles. The van der Waals surface area contributed by atoms with E-state index in [0.29, 0.717) is 48.4 Å². The summed E-state index contributed by atoms with van der Waals surface area (Å²) in [6.45, 7) is 5.62. The molecule has 28 heavy (non-hydrogen) atoms. The van der Waals surface area contributed by atoms with Crippen molar-refractivity contribution >= 4 is 33.4 Å². The minimum absolute atomic E-state index is 0.138. The van der Waals surface area contributed by atoms with Gasteiger partial charge >= 0.3 is 0 Å². The summed E-state index contributed by atoms with van der Waals surface area (Å²) in [6.07, 6.45) is 0.138. The Kier molecular flexibility index (Phi) is 6.57. The molecule has 0 radical (unpaired) electrons. The Morgan fingerprint density at radius 2 is 1.79 bits per heavy atom. The van der Waals surface area contributed by atoms with E-state index in [1.54, 1.807) is 30.3 Å². The summed E-state index contributed by atoms with van der Waals surface area (Å²) < 4.78 is 11.9. The molecule has 0 bridgehead atoms. The maximum absolute atomic E-state index is 12.6. The molecule has 0 atom stereocenters. The van der Waals surface area contributed by atoms with Crippen LogP contribution in [0.4, 0.5) is 5.69 Å². The first-order valence-corrected chi connectivity index (χ1v) is 9.98. The van der Waals surface area contributed by atoms with Crippen molar-refractivity contribution < 1.29 is 19.1 Å². The van der Waals surface area contributed by atoms with Crippen LogP contribution in [0, 0.1) is 5.92 Å². The van der Waals surface area contributed by atoms with Crippen molar-refractivity contribution in [3.63, 3.8) is 0 Å². The van der Waals surface area contributed by atoms with Gasteiger partial charge in [0, 0.05) is 11.0 Å². The van der Waals surface area contributed by atoms with Crippen molar-refractivity contribution in [2.24, 2.45) is 5.92 Å². The summed E-state index contributed by atoms with van der Waals surface area (Å²) >= 11 is 3.48. The van der Waals surface area contributed by atoms with Crippen LogP contribution in [0.1, 0.15) is 29.8 Å². The van der Waals surface area contributed by atoms with Crippen LogP contribution in [-0.2, 0) is 11.2 Å². The number of rotatable bonds is 6. The van der Waals surface area contributed by atoms with Gasteiger partial charge in [-0.1, -0.05) is 41.9 Å². The van der Waals surface area contributed by atoms with Gasteiger partial charge in [-0.2, -0.15) is 0 Å². The molecule has 3 rings (SSSR count). The largest absolute Gasteiger partial charge is 0.486 e. The normalized spacial score (nSPS) is 12.6. The number of hydrogen-bond donors (Lipinski definition) is 2. The zero-order chi connectivity index (χ0) is 20.1. The first kappa shape index (κ1) is 20.2. The second-order valence-corrected chi connectivity index (χ2v) is 7.82. The van der Waals surface area contributed by atoms with Crippen molar-refractivity contribution in [1.82, 2.24) is 5.32 Å². The van der Waals surface area contributed by atoms with E-state index in [1.807, 2.05) is 19.9 Å². The highest BCUT2D eigenvalue weighted by Crippen LogP contribution is 2.35. The number of nitrogens with one attached hydrogen (secondary N) is 2. The van der Waals surface area contributed by atoms with E-state index < -0.39 is 0 Å². The highest BCUT2D eigenvalue weighted by molar-refractivity contribution is 9.10. The van der Waals surface area contributed by atoms with Gasteiger partial charge in [0.1, 0.15) is 13.2 Å². The van der Waals surface area contributed by atoms with E-state index in [-0.39, 0.29) is 18.2 Å². The summed E-state index contributed by atoms with van der Waals surface area (Å²) in [6, 6.07) is 10.6. The molecule has 2 N–H and O–H groups in total. The maximum Gasteiger partial charge on any atom is 0.253 e. The van der Waals surface area contributed by atoms with Gasteiger partial charge in [0.2, 0.25) is 5.91 Å². The van der Waals surface area contributed by atoms with Crippen molar-refractivity contribution in [3.8, 4) is 11.5 Å². The van der Waals surface area contributed by atoms with Gasteiger partial charge in [-0.3, -0.25) is 9.59 Å². The molecule has 7 heteroatoms. The van der Waals surface area contributed by atoms with Gasteiger partial charge in [-0.25, -0.2) is 0 Å². The van der Waals surface area contributed by atoms with Crippen LogP contribution in [0.15, 0.2) is 40.9 Å². The molecule has 0 aliphatic carbocycles. The Hall–Kier alpha value is -2.54. The molecule has 2 aromatic carbocycles. The van der Waals surface area contributed by atoms with Crippen LogP contribution in [-0.4, -0.2) is 31.6 Å². The van der Waals surface area contributed by atoms with E-state index >= 15 is 0 Å². The Balaban J connectivity index is 1.71. The number of para-hydroxylation sites is 1. The highest BCUT2D eigenvalue weighted by Gasteiger charge is 2.18. The van der Waals surface area contributed by atoms with E-state index in [9.17, 15) is 9.59 Å². The number of fused-ring (bicyclic) bond motifs is 1. The molecule has 0 saturated carbocycles. The predicted molar refractivity (Wildman–Crippen MR) is 111 cm³/mol. The van der Waals surface area contributed by atoms with Gasteiger partial charge in [0.15, 0.2) is 11.5 Å². The SMILES string of the molecule is CC(C)CNC(=O)c1ccccc1NC(=O)Cc1cc2c(cc1Br)OCCO2. The number of anilines is 1. The Bertz CT molecular complexity index is 883. The molecule has 2 amide bonds. The lowest BCUT2D eigenvalue weighted by Gasteiger charge is -2.20. The zero-order valence-corrected chi connectivity index (χ0v) is 17.5. The van der Waals surface area contributed by atoms with Crippen LogP contribution in [0.25, 0.3) is 0 Å². The predicted octanol–water partition coefficient (Wildman–Crippen LogP) is 3.79. The summed E-state index contributed by atoms with van der Waals surface area (Å²) in [7, 11) is 0. The lowest BCUT2D eigenvalue weighted by atomic mass is 10.1. The number of hydrogen-bond acceptors (Lipinski definition) is 4. The fourth-order valence-electron chi connectivity index (χ4n) is 2.79. The minimum atomic E-state index is -0.221. The molecule has 0 unspecified atom stereocenters. The molecule has 2 aromatic rings. The van der Waals surface area contributed by atoms with E-state index in [4.69, 9.17) is 9.47 Å². The Labute approximate surface area is 172 Å². The zero-order valence-electron chi connectivity index (χ0n) is 15.9. The second kappa shape index (κ2) is 9.10. The Morgan fingerprint density at radius 1 is 1.11 bits per heavy atom. The van der Waals surface area contributed by atoms with Gasteiger partial charge in [-0.05, 0) is 35.7 Å². The summed E-state index contributed by atoms with van der Waals surface area (Å²) in [5.41, 5.74) is 1.71. The fourth-order valence-corrected chi connectivity index (χ4v) is 3.25. The number of benzene rings is 2. The van der Waals surface area contributed by atoms with Crippen LogP contribution in [0.3, 0.4) is 0 Å². The molecule has 1 aliphatic heterocycles. The second-order valence-electron chi connectivity index (χ2n) is 6.96. The molecule has 0 aromatic heterocycles. The summed E-state index contributed by atoms with van der Waals surface area (Å²) in [4.78, 5) is 25.0. The van der Waals surface area contributed by atoms with Gasteiger partial charge in [0.05, 0.1) is 17.7 Å². The topological polar surface area (TPSA) is 76.7 Å². The van der Waals surface area contributed by atoms with Gasteiger partial charge in [0.25, 0.3) is 5.91 Å². The molecular weight excluding hydrogens is 424 g/mol. The van der Waals surface area contributed by atoms with Crippen LogP contribution < -0.4 is 20.1 Å². The molecule has 6 nitrogen and oxygen atoms in total. The monoisotopic (exact) mass is 446 g/mol. The minimum Gasteiger partial charge on any atom is -0.486 e. The summed E-state index contributed by atoms with van der Waals surface area (Å²) in [5.74, 6) is 1.21. The van der Waals surface area contributed by atoms with Gasteiger partial charge in [-0.15, -0.1) is 0 Å². The number of ether oxygens (including phenoxy) is 2. The van der Waals surface area contributed by atoms with Crippen LogP contribution in [0.5, 0.6) is 11.5 Å². The quantitative estimate of drug-likeness (QED) is 0.707. The lowest BCUT2D eigenvalue weighted by Crippen LogP contribution is -2.28. The van der Waals surface area contributed by atoms with E-state index in [1.165, 1.54) is 0 Å². The molecule has 148 valence electrons. The van der Waals surface area contributed by atoms with Crippen molar-refractivity contribution in [3.05, 3.63) is 52.0 Å². The Morgan fingerprint density at radius 3 is 2.50 bits per heavy atom.